The molecule has 0 bridgehead atoms. The zero-order valence-corrected chi connectivity index (χ0v) is 8.00. The zero-order chi connectivity index (χ0) is 10.7. The molecule has 0 amide bonds. The lowest BCUT2D eigenvalue weighted by Gasteiger charge is -2.07. The second kappa shape index (κ2) is 4.09. The van der Waals surface area contributed by atoms with Gasteiger partial charge in [0.15, 0.2) is 11.6 Å². The molecule has 1 N–H and O–H groups in total. The minimum absolute atomic E-state index is 0.0168. The Bertz CT molecular complexity index is 361. The number of hydrogen-bond donors (Lipinski definition) is 1. The van der Waals surface area contributed by atoms with Gasteiger partial charge in [0.1, 0.15) is 11.5 Å². The molecule has 0 aliphatic carbocycles. The third-order valence-corrected chi connectivity index (χ3v) is 1.83. The number of aromatic hydroxyl groups is 1. The first-order valence-electron chi connectivity index (χ1n) is 4.10. The molecular formula is C10H11FO3. The highest BCUT2D eigenvalue weighted by Crippen LogP contribution is 2.28. The molecular weight excluding hydrogens is 187 g/mol. The molecule has 0 aromatic heterocycles. The molecule has 14 heavy (non-hydrogen) atoms. The first-order chi connectivity index (χ1) is 6.56. The fourth-order valence-electron chi connectivity index (χ4n) is 1.16. The van der Waals surface area contributed by atoms with E-state index in [4.69, 9.17) is 4.74 Å². The maximum atomic E-state index is 13.5. The van der Waals surface area contributed by atoms with Crippen LogP contribution in [0.4, 0.5) is 4.39 Å². The summed E-state index contributed by atoms with van der Waals surface area (Å²) in [7, 11) is 1.33. The van der Waals surface area contributed by atoms with Gasteiger partial charge in [-0.15, -0.1) is 0 Å². The number of benzene rings is 1. The molecule has 1 aromatic rings. The van der Waals surface area contributed by atoms with Crippen molar-refractivity contribution in [2.24, 2.45) is 0 Å². The number of halogens is 1. The van der Waals surface area contributed by atoms with Gasteiger partial charge in [0.25, 0.3) is 0 Å². The van der Waals surface area contributed by atoms with Gasteiger partial charge in [0.05, 0.1) is 7.11 Å². The molecule has 0 radical (unpaired) electrons. The maximum Gasteiger partial charge on any atom is 0.172 e. The van der Waals surface area contributed by atoms with E-state index < -0.39 is 5.82 Å². The summed E-state index contributed by atoms with van der Waals surface area (Å²) < 4.78 is 18.2. The minimum atomic E-state index is -0.678. The van der Waals surface area contributed by atoms with Crippen LogP contribution in [0.5, 0.6) is 11.5 Å². The van der Waals surface area contributed by atoms with Crippen LogP contribution < -0.4 is 4.74 Å². The number of Topliss-reactive ketones (excluding diaryl/α,β-unsaturated/α-hetero) is 1. The number of ether oxygens (including phenoxy) is 1. The highest BCUT2D eigenvalue weighted by Gasteiger charge is 2.14. The van der Waals surface area contributed by atoms with E-state index in [0.29, 0.717) is 0 Å². The standard InChI is InChI=1S/C10H11FO3/c1-6(12)5-7-8(13)3-4-9(14-2)10(7)11/h3-4,13H,5H2,1-2H3. The van der Waals surface area contributed by atoms with Crippen LogP contribution in [0, 0.1) is 5.82 Å². The summed E-state index contributed by atoms with van der Waals surface area (Å²) >= 11 is 0. The second-order valence-electron chi connectivity index (χ2n) is 2.96. The average Bonchev–Trinajstić information content (AvgIpc) is 2.12. The van der Waals surface area contributed by atoms with Gasteiger partial charge in [0.2, 0.25) is 0 Å². The number of phenols is 1. The molecule has 0 heterocycles. The van der Waals surface area contributed by atoms with Crippen LogP contribution in [0.3, 0.4) is 0 Å². The summed E-state index contributed by atoms with van der Waals surface area (Å²) in [6.45, 7) is 1.33. The number of carbonyl (C=O) groups is 1. The number of hydrogen-bond acceptors (Lipinski definition) is 3. The summed E-state index contributed by atoms with van der Waals surface area (Å²) in [5, 5.41) is 9.31. The number of phenolic OH excluding ortho intramolecular Hbond substituents is 1. The van der Waals surface area contributed by atoms with Crippen molar-refractivity contribution in [3.63, 3.8) is 0 Å². The highest BCUT2D eigenvalue weighted by molar-refractivity contribution is 5.79. The molecule has 3 nitrogen and oxygen atoms in total. The average molecular weight is 198 g/mol. The van der Waals surface area contributed by atoms with Gasteiger partial charge >= 0.3 is 0 Å². The van der Waals surface area contributed by atoms with E-state index in [0.717, 1.165) is 0 Å². The van der Waals surface area contributed by atoms with Gasteiger partial charge in [-0.05, 0) is 19.1 Å². The second-order valence-corrected chi connectivity index (χ2v) is 2.96. The van der Waals surface area contributed by atoms with E-state index in [1.165, 1.54) is 26.2 Å². The molecule has 1 rings (SSSR count). The van der Waals surface area contributed by atoms with Gasteiger partial charge in [-0.25, -0.2) is 4.39 Å². The summed E-state index contributed by atoms with van der Waals surface area (Å²) in [6, 6.07) is 2.62. The fraction of sp³-hybridized carbons (Fsp3) is 0.300. The summed E-state index contributed by atoms with van der Waals surface area (Å²) in [5.41, 5.74) is -0.0168. The molecule has 0 saturated carbocycles. The Morgan fingerprint density at radius 3 is 2.71 bits per heavy atom. The normalized spacial score (nSPS) is 9.93. The van der Waals surface area contributed by atoms with E-state index >= 15 is 0 Å². The topological polar surface area (TPSA) is 46.5 Å². The SMILES string of the molecule is COc1ccc(O)c(CC(C)=O)c1F. The molecule has 0 aliphatic rings. The lowest BCUT2D eigenvalue weighted by molar-refractivity contribution is -0.116. The van der Waals surface area contributed by atoms with E-state index in [-0.39, 0.29) is 29.3 Å². The van der Waals surface area contributed by atoms with Crippen LogP contribution >= 0.6 is 0 Å². The lowest BCUT2D eigenvalue weighted by Crippen LogP contribution is -2.01. The molecule has 0 fully saturated rings. The van der Waals surface area contributed by atoms with Crippen LogP contribution in [0.1, 0.15) is 12.5 Å². The van der Waals surface area contributed by atoms with Gasteiger partial charge in [-0.1, -0.05) is 0 Å². The van der Waals surface area contributed by atoms with Crippen LogP contribution in [0.2, 0.25) is 0 Å². The van der Waals surface area contributed by atoms with E-state index in [9.17, 15) is 14.3 Å². The number of ketones is 1. The molecule has 4 heteroatoms. The first-order valence-corrected chi connectivity index (χ1v) is 4.10. The first kappa shape index (κ1) is 10.5. The molecule has 0 atom stereocenters. The van der Waals surface area contributed by atoms with Crippen LogP contribution in [-0.2, 0) is 11.2 Å². The molecule has 0 spiro atoms. The Balaban J connectivity index is 3.18. The molecule has 0 unspecified atom stereocenters. The number of rotatable bonds is 3. The van der Waals surface area contributed by atoms with Crippen molar-refractivity contribution in [1.29, 1.82) is 0 Å². The van der Waals surface area contributed by atoms with Crippen molar-refractivity contribution >= 4 is 5.78 Å². The Labute approximate surface area is 81.1 Å². The Hall–Kier alpha value is -1.58. The summed E-state index contributed by atoms with van der Waals surface area (Å²) in [4.78, 5) is 10.8. The molecule has 0 aliphatic heterocycles. The van der Waals surface area contributed by atoms with E-state index in [1.54, 1.807) is 0 Å². The molecule has 76 valence electrons. The third kappa shape index (κ3) is 2.02. The van der Waals surface area contributed by atoms with Crippen molar-refractivity contribution in [1.82, 2.24) is 0 Å². The summed E-state index contributed by atoms with van der Waals surface area (Å²) in [5.74, 6) is -1.09. The van der Waals surface area contributed by atoms with E-state index in [1.807, 2.05) is 0 Å². The van der Waals surface area contributed by atoms with Crippen molar-refractivity contribution < 1.29 is 19.0 Å². The largest absolute Gasteiger partial charge is 0.508 e. The Morgan fingerprint density at radius 1 is 1.57 bits per heavy atom. The quantitative estimate of drug-likeness (QED) is 0.803. The van der Waals surface area contributed by atoms with Crippen LogP contribution in [0.25, 0.3) is 0 Å². The monoisotopic (exact) mass is 198 g/mol. The van der Waals surface area contributed by atoms with Crippen molar-refractivity contribution in [2.45, 2.75) is 13.3 Å². The van der Waals surface area contributed by atoms with Crippen molar-refractivity contribution in [3.05, 3.63) is 23.5 Å². The predicted molar refractivity (Wildman–Crippen MR) is 49.0 cm³/mol. The summed E-state index contributed by atoms with van der Waals surface area (Å²) in [6.07, 6.45) is -0.130. The van der Waals surface area contributed by atoms with E-state index in [2.05, 4.69) is 0 Å². The predicted octanol–water partition coefficient (Wildman–Crippen LogP) is 1.67. The van der Waals surface area contributed by atoms with Crippen molar-refractivity contribution in [3.8, 4) is 11.5 Å². The lowest BCUT2D eigenvalue weighted by atomic mass is 10.1. The fourth-order valence-corrected chi connectivity index (χ4v) is 1.16. The Kier molecular flexibility index (Phi) is 3.06. The van der Waals surface area contributed by atoms with Crippen LogP contribution in [-0.4, -0.2) is 18.0 Å². The van der Waals surface area contributed by atoms with Gasteiger partial charge in [-0.3, -0.25) is 4.79 Å². The van der Waals surface area contributed by atoms with Crippen LogP contribution in [0.15, 0.2) is 12.1 Å². The molecule has 0 saturated heterocycles. The van der Waals surface area contributed by atoms with Gasteiger partial charge in [0, 0.05) is 12.0 Å². The van der Waals surface area contributed by atoms with Gasteiger partial charge < -0.3 is 9.84 Å². The number of carbonyl (C=O) groups excluding carboxylic acids is 1. The zero-order valence-electron chi connectivity index (χ0n) is 8.00. The third-order valence-electron chi connectivity index (χ3n) is 1.83. The smallest absolute Gasteiger partial charge is 0.172 e. The highest BCUT2D eigenvalue weighted by atomic mass is 19.1. The van der Waals surface area contributed by atoms with Gasteiger partial charge in [-0.2, -0.15) is 0 Å². The molecule has 1 aromatic carbocycles. The minimum Gasteiger partial charge on any atom is -0.508 e. The van der Waals surface area contributed by atoms with Crippen molar-refractivity contribution in [2.75, 3.05) is 7.11 Å². The Morgan fingerprint density at radius 2 is 2.21 bits per heavy atom. The maximum absolute atomic E-state index is 13.5. The number of methoxy groups -OCH3 is 1.